The number of carbonyl (C=O) groups excluding carboxylic acids is 1. The maximum atomic E-state index is 11.4. The summed E-state index contributed by atoms with van der Waals surface area (Å²) in [6.07, 6.45) is 0.613. The number of rotatable bonds is 2. The van der Waals surface area contributed by atoms with E-state index in [4.69, 9.17) is 10.3 Å². The number of nitrogens with zero attached hydrogens (tertiary/aromatic N) is 3. The first-order chi connectivity index (χ1) is 8.26. The summed E-state index contributed by atoms with van der Waals surface area (Å²) in [6.45, 7) is 0.508. The van der Waals surface area contributed by atoms with Crippen LogP contribution in [0.5, 0.6) is 5.75 Å². The minimum Gasteiger partial charge on any atom is -0.493 e. The molecule has 0 saturated heterocycles. The maximum Gasteiger partial charge on any atom is 0.337 e. The number of methoxy groups -OCH3 is 1. The van der Waals surface area contributed by atoms with E-state index in [0.717, 1.165) is 5.56 Å². The van der Waals surface area contributed by atoms with E-state index in [1.54, 1.807) is 18.2 Å². The van der Waals surface area contributed by atoms with E-state index in [0.29, 0.717) is 24.3 Å². The molecule has 6 nitrogen and oxygen atoms in total. The monoisotopic (exact) mass is 233 g/mol. The molecule has 0 aromatic heterocycles. The molecular formula is C11H11N3O3. The van der Waals surface area contributed by atoms with Crippen molar-refractivity contribution in [2.24, 2.45) is 5.11 Å². The first-order valence-electron chi connectivity index (χ1n) is 5.15. The molecule has 0 spiro atoms. The topological polar surface area (TPSA) is 84.3 Å². The third-order valence-electron chi connectivity index (χ3n) is 2.63. The van der Waals surface area contributed by atoms with Gasteiger partial charge in [0.2, 0.25) is 0 Å². The van der Waals surface area contributed by atoms with Crippen molar-refractivity contribution >= 4 is 5.97 Å². The molecule has 0 fully saturated rings. The van der Waals surface area contributed by atoms with Crippen LogP contribution in [-0.4, -0.2) is 19.7 Å². The fourth-order valence-electron chi connectivity index (χ4n) is 1.80. The van der Waals surface area contributed by atoms with Crippen molar-refractivity contribution < 1.29 is 14.3 Å². The number of hydrogen-bond donors (Lipinski definition) is 0. The molecule has 1 aromatic carbocycles. The molecule has 17 heavy (non-hydrogen) atoms. The molecule has 0 aliphatic carbocycles. The zero-order valence-electron chi connectivity index (χ0n) is 9.29. The summed E-state index contributed by atoms with van der Waals surface area (Å²) in [5.74, 6) is 0.236. The second-order valence-corrected chi connectivity index (χ2v) is 3.60. The molecule has 1 heterocycles. The van der Waals surface area contributed by atoms with Crippen LogP contribution < -0.4 is 4.74 Å². The Hall–Kier alpha value is -2.20. The van der Waals surface area contributed by atoms with Gasteiger partial charge in [-0.3, -0.25) is 0 Å². The largest absolute Gasteiger partial charge is 0.493 e. The molecule has 1 aliphatic heterocycles. The average molecular weight is 233 g/mol. The van der Waals surface area contributed by atoms with Gasteiger partial charge in [-0.05, 0) is 30.2 Å². The van der Waals surface area contributed by atoms with Gasteiger partial charge in [0.15, 0.2) is 0 Å². The van der Waals surface area contributed by atoms with Crippen molar-refractivity contribution in [3.05, 3.63) is 39.8 Å². The zero-order chi connectivity index (χ0) is 12.3. The number of esters is 1. The summed E-state index contributed by atoms with van der Waals surface area (Å²) in [6, 6.07) is 4.69. The second-order valence-electron chi connectivity index (χ2n) is 3.60. The normalized spacial score (nSPS) is 17.4. The number of azide groups is 1. The Morgan fingerprint density at radius 2 is 2.47 bits per heavy atom. The van der Waals surface area contributed by atoms with Gasteiger partial charge in [-0.25, -0.2) is 4.79 Å². The highest BCUT2D eigenvalue weighted by atomic mass is 16.5. The molecule has 1 aliphatic rings. The van der Waals surface area contributed by atoms with Crippen LogP contribution in [0.1, 0.15) is 28.4 Å². The summed E-state index contributed by atoms with van der Waals surface area (Å²) in [5.41, 5.74) is 9.65. The van der Waals surface area contributed by atoms with Crippen molar-refractivity contribution in [2.45, 2.75) is 12.5 Å². The number of benzene rings is 1. The van der Waals surface area contributed by atoms with Crippen molar-refractivity contribution in [1.29, 1.82) is 0 Å². The standard InChI is InChI=1S/C11H11N3O3/c1-16-11(15)7-2-3-10-8(6-7)9(13-14-12)4-5-17-10/h2-3,6,9H,4-5H2,1H3. The molecule has 88 valence electrons. The SMILES string of the molecule is COC(=O)c1ccc2c(c1)C(N=[N+]=[N-])CCO2. The minimum atomic E-state index is -0.418. The van der Waals surface area contributed by atoms with Crippen LogP contribution in [0, 0.1) is 0 Å². The lowest BCUT2D eigenvalue weighted by molar-refractivity contribution is 0.0600. The van der Waals surface area contributed by atoms with Crippen molar-refractivity contribution in [1.82, 2.24) is 0 Å². The molecule has 0 amide bonds. The van der Waals surface area contributed by atoms with E-state index in [2.05, 4.69) is 14.8 Å². The van der Waals surface area contributed by atoms with E-state index in [-0.39, 0.29) is 6.04 Å². The first-order valence-corrected chi connectivity index (χ1v) is 5.15. The molecule has 0 saturated carbocycles. The summed E-state index contributed by atoms with van der Waals surface area (Å²) in [7, 11) is 1.32. The van der Waals surface area contributed by atoms with E-state index < -0.39 is 5.97 Å². The third-order valence-corrected chi connectivity index (χ3v) is 2.63. The third kappa shape index (κ3) is 2.16. The Bertz CT molecular complexity index is 495. The molecule has 0 N–H and O–H groups in total. The highest BCUT2D eigenvalue weighted by Gasteiger charge is 2.22. The predicted molar refractivity (Wildman–Crippen MR) is 59.8 cm³/mol. The Morgan fingerprint density at radius 1 is 1.65 bits per heavy atom. The summed E-state index contributed by atoms with van der Waals surface area (Å²) in [5, 5.41) is 3.70. The molecule has 0 bridgehead atoms. The quantitative estimate of drug-likeness (QED) is 0.340. The van der Waals surface area contributed by atoms with Gasteiger partial charge in [-0.1, -0.05) is 5.11 Å². The van der Waals surface area contributed by atoms with Crippen LogP contribution in [0.4, 0.5) is 0 Å². The number of hydrogen-bond acceptors (Lipinski definition) is 4. The van der Waals surface area contributed by atoms with Gasteiger partial charge in [-0.2, -0.15) is 0 Å². The summed E-state index contributed by atoms with van der Waals surface area (Å²) < 4.78 is 10.1. The second kappa shape index (κ2) is 4.76. The smallest absolute Gasteiger partial charge is 0.337 e. The Morgan fingerprint density at radius 3 is 3.18 bits per heavy atom. The molecule has 1 atom stereocenters. The van der Waals surface area contributed by atoms with Crippen LogP contribution in [0.3, 0.4) is 0 Å². The average Bonchev–Trinajstić information content (AvgIpc) is 2.38. The highest BCUT2D eigenvalue weighted by Crippen LogP contribution is 2.35. The van der Waals surface area contributed by atoms with Gasteiger partial charge in [0.25, 0.3) is 0 Å². The lowest BCUT2D eigenvalue weighted by Crippen LogP contribution is -2.13. The number of fused-ring (bicyclic) bond motifs is 1. The molecular weight excluding hydrogens is 222 g/mol. The number of ether oxygens (including phenoxy) is 2. The fraction of sp³-hybridized carbons (Fsp3) is 0.364. The van der Waals surface area contributed by atoms with Crippen LogP contribution in [0.15, 0.2) is 23.3 Å². The van der Waals surface area contributed by atoms with Gasteiger partial charge < -0.3 is 9.47 Å². The van der Waals surface area contributed by atoms with Gasteiger partial charge in [0.1, 0.15) is 5.75 Å². The Balaban J connectivity index is 2.43. The van der Waals surface area contributed by atoms with Crippen LogP contribution in [0.25, 0.3) is 10.4 Å². The van der Waals surface area contributed by atoms with Gasteiger partial charge in [0.05, 0.1) is 25.3 Å². The molecule has 1 aromatic rings. The van der Waals surface area contributed by atoms with E-state index >= 15 is 0 Å². The molecule has 2 rings (SSSR count). The van der Waals surface area contributed by atoms with Gasteiger partial charge >= 0.3 is 5.97 Å². The van der Waals surface area contributed by atoms with Crippen molar-refractivity contribution in [2.75, 3.05) is 13.7 Å². The minimum absolute atomic E-state index is 0.284. The highest BCUT2D eigenvalue weighted by molar-refractivity contribution is 5.89. The molecule has 0 radical (unpaired) electrons. The number of carbonyl (C=O) groups is 1. The Kier molecular flexibility index (Phi) is 3.16. The van der Waals surface area contributed by atoms with Crippen LogP contribution >= 0.6 is 0 Å². The van der Waals surface area contributed by atoms with Gasteiger partial charge in [-0.15, -0.1) is 0 Å². The van der Waals surface area contributed by atoms with Crippen molar-refractivity contribution in [3.63, 3.8) is 0 Å². The molecule has 1 unspecified atom stereocenters. The first kappa shape index (κ1) is 11.3. The van der Waals surface area contributed by atoms with E-state index in [9.17, 15) is 4.79 Å². The summed E-state index contributed by atoms with van der Waals surface area (Å²) in [4.78, 5) is 14.2. The van der Waals surface area contributed by atoms with Crippen LogP contribution in [-0.2, 0) is 4.74 Å². The van der Waals surface area contributed by atoms with Gasteiger partial charge in [0, 0.05) is 10.5 Å². The Labute approximate surface area is 97.8 Å². The summed E-state index contributed by atoms with van der Waals surface area (Å²) >= 11 is 0. The lowest BCUT2D eigenvalue weighted by atomic mass is 9.99. The fourth-order valence-corrected chi connectivity index (χ4v) is 1.80. The lowest BCUT2D eigenvalue weighted by Gasteiger charge is -2.22. The van der Waals surface area contributed by atoms with E-state index in [1.807, 2.05) is 0 Å². The van der Waals surface area contributed by atoms with E-state index in [1.165, 1.54) is 7.11 Å². The molecule has 6 heteroatoms. The predicted octanol–water partition coefficient (Wildman–Crippen LogP) is 2.61. The maximum absolute atomic E-state index is 11.4. The van der Waals surface area contributed by atoms with Crippen LogP contribution in [0.2, 0.25) is 0 Å². The van der Waals surface area contributed by atoms with Crippen molar-refractivity contribution in [3.8, 4) is 5.75 Å². The zero-order valence-corrected chi connectivity index (χ0v) is 9.29.